The third-order valence-corrected chi connectivity index (χ3v) is 3.23. The average Bonchev–Trinajstić information content (AvgIpc) is 2.29. The van der Waals surface area contributed by atoms with Crippen molar-refractivity contribution in [2.75, 3.05) is 6.61 Å². The van der Waals surface area contributed by atoms with E-state index in [1.807, 2.05) is 0 Å². The summed E-state index contributed by atoms with van der Waals surface area (Å²) in [6.07, 6.45) is -0.653. The van der Waals surface area contributed by atoms with Crippen molar-refractivity contribution in [3.05, 3.63) is 34.9 Å². The fraction of sp³-hybridized carbons (Fsp3) is 0.462. The molecule has 0 radical (unpaired) electrons. The molecule has 0 spiro atoms. The first-order chi connectivity index (χ1) is 8.33. The first-order valence-electron chi connectivity index (χ1n) is 5.71. The van der Waals surface area contributed by atoms with Crippen LogP contribution in [-0.2, 0) is 4.74 Å². The van der Waals surface area contributed by atoms with Crippen LogP contribution in [0.15, 0.2) is 12.1 Å². The van der Waals surface area contributed by atoms with Crippen LogP contribution in [-0.4, -0.2) is 12.7 Å². The monoisotopic (exact) mass is 255 g/mol. The van der Waals surface area contributed by atoms with E-state index in [1.54, 1.807) is 20.8 Å². The van der Waals surface area contributed by atoms with Crippen molar-refractivity contribution in [1.29, 1.82) is 0 Å². The number of halogens is 2. The third kappa shape index (κ3) is 2.05. The van der Waals surface area contributed by atoms with Crippen molar-refractivity contribution in [3.8, 4) is 0 Å². The SMILES string of the molecule is Cc1ccc(F)c([C@H]2NC(=O)OCC2(C)C)c1F. The standard InChI is InChI=1S/C13H15F2NO2/c1-7-4-5-8(14)9(10(7)15)11-13(2,3)6-18-12(17)16-11/h4-5,11H,6H2,1-3H3,(H,16,17)/t11-/m1/s1. The maximum atomic E-state index is 14.1. The van der Waals surface area contributed by atoms with Gasteiger partial charge in [0, 0.05) is 11.0 Å². The van der Waals surface area contributed by atoms with E-state index in [0.717, 1.165) is 0 Å². The number of rotatable bonds is 1. The topological polar surface area (TPSA) is 38.3 Å². The molecule has 98 valence electrons. The van der Waals surface area contributed by atoms with Crippen LogP contribution in [0.2, 0.25) is 0 Å². The van der Waals surface area contributed by atoms with Gasteiger partial charge in [0.15, 0.2) is 0 Å². The molecule has 1 amide bonds. The summed E-state index contributed by atoms with van der Waals surface area (Å²) >= 11 is 0. The molecule has 1 N–H and O–H groups in total. The van der Waals surface area contributed by atoms with Gasteiger partial charge in [-0.05, 0) is 18.6 Å². The van der Waals surface area contributed by atoms with Gasteiger partial charge in [0.05, 0.1) is 6.04 Å². The normalized spacial score (nSPS) is 22.3. The highest BCUT2D eigenvalue weighted by molar-refractivity contribution is 5.69. The molecule has 1 heterocycles. The van der Waals surface area contributed by atoms with Crippen molar-refractivity contribution in [2.45, 2.75) is 26.8 Å². The van der Waals surface area contributed by atoms with E-state index >= 15 is 0 Å². The first kappa shape index (κ1) is 12.8. The number of hydrogen-bond donors (Lipinski definition) is 1. The Morgan fingerprint density at radius 2 is 2.06 bits per heavy atom. The Hall–Kier alpha value is -1.65. The number of benzene rings is 1. The molecule has 1 fully saturated rings. The first-order valence-corrected chi connectivity index (χ1v) is 5.71. The number of alkyl carbamates (subject to hydrolysis) is 1. The summed E-state index contributed by atoms with van der Waals surface area (Å²) in [5.41, 5.74) is -0.330. The smallest absolute Gasteiger partial charge is 0.407 e. The Morgan fingerprint density at radius 1 is 1.39 bits per heavy atom. The van der Waals surface area contributed by atoms with Crippen molar-refractivity contribution in [3.63, 3.8) is 0 Å². The second kappa shape index (κ2) is 4.23. The third-order valence-electron chi connectivity index (χ3n) is 3.23. The molecule has 2 rings (SSSR count). The fourth-order valence-electron chi connectivity index (χ4n) is 2.10. The lowest BCUT2D eigenvalue weighted by molar-refractivity contribution is 0.0367. The van der Waals surface area contributed by atoms with Gasteiger partial charge in [0.2, 0.25) is 0 Å². The minimum atomic E-state index is -0.737. The second-order valence-electron chi connectivity index (χ2n) is 5.23. The predicted molar refractivity (Wildman–Crippen MR) is 62.1 cm³/mol. The number of hydrogen-bond acceptors (Lipinski definition) is 2. The number of aryl methyl sites for hydroxylation is 1. The molecule has 5 heteroatoms. The minimum Gasteiger partial charge on any atom is -0.449 e. The molecule has 1 aliphatic heterocycles. The van der Waals surface area contributed by atoms with E-state index < -0.39 is 29.2 Å². The summed E-state index contributed by atoms with van der Waals surface area (Å²) in [4.78, 5) is 11.3. The Balaban J connectivity index is 2.52. The molecule has 1 saturated heterocycles. The molecule has 0 bridgehead atoms. The maximum Gasteiger partial charge on any atom is 0.407 e. The number of nitrogens with one attached hydrogen (secondary N) is 1. The van der Waals surface area contributed by atoms with Crippen molar-refractivity contribution >= 4 is 6.09 Å². The largest absolute Gasteiger partial charge is 0.449 e. The van der Waals surface area contributed by atoms with E-state index in [4.69, 9.17) is 4.74 Å². The molecule has 1 aliphatic rings. The van der Waals surface area contributed by atoms with Crippen molar-refractivity contribution in [1.82, 2.24) is 5.32 Å². The average molecular weight is 255 g/mol. The second-order valence-corrected chi connectivity index (χ2v) is 5.23. The zero-order valence-corrected chi connectivity index (χ0v) is 10.5. The number of carbonyl (C=O) groups excluding carboxylic acids is 1. The highest BCUT2D eigenvalue weighted by atomic mass is 19.1. The van der Waals surface area contributed by atoms with Crippen LogP contribution in [0, 0.1) is 24.0 Å². The van der Waals surface area contributed by atoms with E-state index in [9.17, 15) is 13.6 Å². The van der Waals surface area contributed by atoms with Gasteiger partial charge in [0.25, 0.3) is 0 Å². The maximum absolute atomic E-state index is 14.1. The highest BCUT2D eigenvalue weighted by Crippen LogP contribution is 2.39. The van der Waals surface area contributed by atoms with Gasteiger partial charge in [-0.3, -0.25) is 0 Å². The van der Waals surface area contributed by atoms with Gasteiger partial charge in [0.1, 0.15) is 18.2 Å². The summed E-state index contributed by atoms with van der Waals surface area (Å²) in [5, 5.41) is 2.49. The van der Waals surface area contributed by atoms with Crippen LogP contribution in [0.1, 0.15) is 31.0 Å². The predicted octanol–water partition coefficient (Wildman–Crippen LogP) is 3.08. The molecule has 0 aliphatic carbocycles. The number of amides is 1. The zero-order valence-electron chi connectivity index (χ0n) is 10.5. The van der Waals surface area contributed by atoms with Gasteiger partial charge in [-0.2, -0.15) is 0 Å². The molecule has 0 aromatic heterocycles. The Morgan fingerprint density at radius 3 is 2.72 bits per heavy atom. The van der Waals surface area contributed by atoms with Gasteiger partial charge < -0.3 is 10.1 Å². The molecule has 1 aromatic carbocycles. The molecule has 3 nitrogen and oxygen atoms in total. The molecule has 18 heavy (non-hydrogen) atoms. The molecule has 1 atom stereocenters. The Kier molecular flexibility index (Phi) is 3.00. The number of ether oxygens (including phenoxy) is 1. The number of carbonyl (C=O) groups is 1. The van der Waals surface area contributed by atoms with Crippen molar-refractivity contribution in [2.24, 2.45) is 5.41 Å². The van der Waals surface area contributed by atoms with E-state index in [0.29, 0.717) is 5.56 Å². The van der Waals surface area contributed by atoms with Gasteiger partial charge in [-0.1, -0.05) is 19.9 Å². The van der Waals surface area contributed by atoms with Crippen LogP contribution in [0.3, 0.4) is 0 Å². The lowest BCUT2D eigenvalue weighted by Gasteiger charge is -2.38. The quantitative estimate of drug-likeness (QED) is 0.837. The minimum absolute atomic E-state index is 0.100. The van der Waals surface area contributed by atoms with Crippen molar-refractivity contribution < 1.29 is 18.3 Å². The summed E-state index contributed by atoms with van der Waals surface area (Å²) in [6, 6.07) is 1.85. The van der Waals surface area contributed by atoms with Crippen LogP contribution < -0.4 is 5.32 Å². The molecule has 1 aromatic rings. The zero-order chi connectivity index (χ0) is 13.5. The van der Waals surface area contributed by atoms with Crippen LogP contribution in [0.25, 0.3) is 0 Å². The van der Waals surface area contributed by atoms with Gasteiger partial charge in [-0.25, -0.2) is 13.6 Å². The van der Waals surface area contributed by atoms with Crippen LogP contribution in [0.4, 0.5) is 13.6 Å². The van der Waals surface area contributed by atoms with E-state index in [2.05, 4.69) is 5.32 Å². The van der Waals surface area contributed by atoms with Gasteiger partial charge >= 0.3 is 6.09 Å². The molecular weight excluding hydrogens is 240 g/mol. The van der Waals surface area contributed by atoms with Crippen LogP contribution >= 0.6 is 0 Å². The molecular formula is C13H15F2NO2. The van der Waals surface area contributed by atoms with Gasteiger partial charge in [-0.15, -0.1) is 0 Å². The number of cyclic esters (lactones) is 1. The fourth-order valence-corrected chi connectivity index (χ4v) is 2.10. The Labute approximate surface area is 104 Å². The van der Waals surface area contributed by atoms with E-state index in [1.165, 1.54) is 12.1 Å². The van der Waals surface area contributed by atoms with E-state index in [-0.39, 0.29) is 12.2 Å². The summed E-state index contributed by atoms with van der Waals surface area (Å²) in [6.45, 7) is 5.26. The molecule has 0 saturated carbocycles. The highest BCUT2D eigenvalue weighted by Gasteiger charge is 2.40. The summed E-state index contributed by atoms with van der Waals surface area (Å²) in [7, 11) is 0. The lowest BCUT2D eigenvalue weighted by atomic mass is 9.79. The van der Waals surface area contributed by atoms with Crippen LogP contribution in [0.5, 0.6) is 0 Å². The Bertz CT molecular complexity index is 500. The lowest BCUT2D eigenvalue weighted by Crippen LogP contribution is -2.47. The molecule has 0 unspecified atom stereocenters. The summed E-state index contributed by atoms with van der Waals surface area (Å²) in [5.74, 6) is -1.27. The summed E-state index contributed by atoms with van der Waals surface area (Å²) < 4.78 is 32.8.